The monoisotopic (exact) mass is 294 g/mol. The number of rotatable bonds is 6. The minimum Gasteiger partial charge on any atom is -0.354 e. The van der Waals surface area contributed by atoms with E-state index < -0.39 is 0 Å². The first-order chi connectivity index (χ1) is 9.97. The molecule has 0 aliphatic carbocycles. The van der Waals surface area contributed by atoms with E-state index in [2.05, 4.69) is 34.4 Å². The summed E-state index contributed by atoms with van der Waals surface area (Å²) in [4.78, 5) is 6.34. The van der Waals surface area contributed by atoms with Gasteiger partial charge in [-0.2, -0.15) is 0 Å². The van der Waals surface area contributed by atoms with E-state index in [1.807, 2.05) is 26.2 Å². The Kier molecular flexibility index (Phi) is 7.15. The van der Waals surface area contributed by atoms with Crippen molar-refractivity contribution >= 4 is 5.96 Å². The van der Waals surface area contributed by atoms with Crippen molar-refractivity contribution < 1.29 is 4.39 Å². The van der Waals surface area contributed by atoms with Crippen molar-refractivity contribution in [3.8, 4) is 0 Å². The zero-order chi connectivity index (χ0) is 15.8. The summed E-state index contributed by atoms with van der Waals surface area (Å²) < 4.78 is 13.0. The number of nitrogens with one attached hydrogen (secondary N) is 2. The van der Waals surface area contributed by atoms with E-state index in [0.29, 0.717) is 12.6 Å². The summed E-state index contributed by atoms with van der Waals surface area (Å²) in [5.41, 5.74) is 1.08. The van der Waals surface area contributed by atoms with Crippen molar-refractivity contribution in [3.63, 3.8) is 0 Å². The highest BCUT2D eigenvalue weighted by atomic mass is 19.1. The van der Waals surface area contributed by atoms with E-state index in [0.717, 1.165) is 17.9 Å². The molecular formula is C16H27FN4. The molecule has 0 radical (unpaired) electrons. The molecule has 1 aromatic carbocycles. The van der Waals surface area contributed by atoms with Crippen molar-refractivity contribution in [3.05, 3.63) is 35.6 Å². The quantitative estimate of drug-likeness (QED) is 0.625. The molecule has 0 saturated heterocycles. The van der Waals surface area contributed by atoms with Gasteiger partial charge in [0.25, 0.3) is 0 Å². The van der Waals surface area contributed by atoms with Crippen LogP contribution in [0.25, 0.3) is 0 Å². The minimum atomic E-state index is -0.210. The average Bonchev–Trinajstić information content (AvgIpc) is 2.47. The third-order valence-corrected chi connectivity index (χ3v) is 3.56. The predicted molar refractivity (Wildman–Crippen MR) is 87.1 cm³/mol. The van der Waals surface area contributed by atoms with E-state index in [9.17, 15) is 4.39 Å². The number of benzene rings is 1. The molecule has 0 aliphatic heterocycles. The van der Waals surface area contributed by atoms with E-state index in [4.69, 9.17) is 0 Å². The molecule has 2 atom stereocenters. The second-order valence-electron chi connectivity index (χ2n) is 5.44. The molecule has 5 heteroatoms. The van der Waals surface area contributed by atoms with Gasteiger partial charge in [0.05, 0.1) is 6.04 Å². The van der Waals surface area contributed by atoms with Crippen LogP contribution in [0.1, 0.15) is 31.9 Å². The number of halogens is 1. The third kappa shape index (κ3) is 5.71. The lowest BCUT2D eigenvalue weighted by Gasteiger charge is -2.26. The molecule has 4 nitrogen and oxygen atoms in total. The van der Waals surface area contributed by atoms with Crippen molar-refractivity contribution in [1.82, 2.24) is 15.5 Å². The van der Waals surface area contributed by atoms with Gasteiger partial charge in [-0.3, -0.25) is 4.99 Å². The smallest absolute Gasteiger partial charge is 0.191 e. The Morgan fingerprint density at radius 2 is 1.90 bits per heavy atom. The van der Waals surface area contributed by atoms with Gasteiger partial charge in [-0.05, 0) is 45.1 Å². The lowest BCUT2D eigenvalue weighted by molar-refractivity contribution is 0.297. The van der Waals surface area contributed by atoms with E-state index in [1.54, 1.807) is 7.05 Å². The van der Waals surface area contributed by atoms with Gasteiger partial charge < -0.3 is 15.5 Å². The lowest BCUT2D eigenvalue weighted by Crippen LogP contribution is -2.44. The van der Waals surface area contributed by atoms with Gasteiger partial charge in [-0.25, -0.2) is 4.39 Å². The van der Waals surface area contributed by atoms with E-state index in [-0.39, 0.29) is 11.9 Å². The van der Waals surface area contributed by atoms with Crippen LogP contribution in [-0.4, -0.2) is 44.6 Å². The second-order valence-corrected chi connectivity index (χ2v) is 5.44. The fourth-order valence-corrected chi connectivity index (χ4v) is 2.01. The Balaban J connectivity index is 2.69. The fraction of sp³-hybridized carbons (Fsp3) is 0.562. The molecule has 0 heterocycles. The zero-order valence-corrected chi connectivity index (χ0v) is 13.7. The maximum Gasteiger partial charge on any atom is 0.191 e. The molecule has 0 bridgehead atoms. The molecule has 2 unspecified atom stereocenters. The highest BCUT2D eigenvalue weighted by Gasteiger charge is 2.15. The Labute approximate surface area is 127 Å². The first-order valence-electron chi connectivity index (χ1n) is 7.37. The number of hydrogen-bond acceptors (Lipinski definition) is 2. The number of hydrogen-bond donors (Lipinski definition) is 2. The summed E-state index contributed by atoms with van der Waals surface area (Å²) in [7, 11) is 5.79. The summed E-state index contributed by atoms with van der Waals surface area (Å²) in [5.74, 6) is 0.580. The summed E-state index contributed by atoms with van der Waals surface area (Å²) in [6.07, 6.45) is 1.04. The van der Waals surface area contributed by atoms with Gasteiger partial charge >= 0.3 is 0 Å². The molecule has 2 N–H and O–H groups in total. The number of likely N-dealkylation sites (N-methyl/N-ethyl adjacent to an activating group) is 1. The molecule has 0 amide bonds. The van der Waals surface area contributed by atoms with Crippen LogP contribution in [0.3, 0.4) is 0 Å². The maximum absolute atomic E-state index is 13.0. The van der Waals surface area contributed by atoms with Crippen LogP contribution in [-0.2, 0) is 0 Å². The highest BCUT2D eigenvalue weighted by molar-refractivity contribution is 5.79. The first-order valence-corrected chi connectivity index (χ1v) is 7.37. The van der Waals surface area contributed by atoms with Crippen molar-refractivity contribution in [2.45, 2.75) is 32.4 Å². The molecular weight excluding hydrogens is 267 g/mol. The van der Waals surface area contributed by atoms with Crippen LogP contribution in [0.2, 0.25) is 0 Å². The van der Waals surface area contributed by atoms with Crippen LogP contribution in [0.5, 0.6) is 0 Å². The first kappa shape index (κ1) is 17.4. The van der Waals surface area contributed by atoms with Gasteiger partial charge in [0.1, 0.15) is 5.82 Å². The molecule has 21 heavy (non-hydrogen) atoms. The molecule has 1 aromatic rings. The molecule has 0 aromatic heterocycles. The van der Waals surface area contributed by atoms with Crippen molar-refractivity contribution in [2.24, 2.45) is 4.99 Å². The highest BCUT2D eigenvalue weighted by Crippen LogP contribution is 2.17. The molecule has 0 fully saturated rings. The SMILES string of the molecule is CCC(C)NC(=NC)NCC(c1ccc(F)cc1)N(C)C. The summed E-state index contributed by atoms with van der Waals surface area (Å²) in [6.45, 7) is 4.96. The zero-order valence-electron chi connectivity index (χ0n) is 13.7. The molecule has 0 spiro atoms. The van der Waals surface area contributed by atoms with E-state index >= 15 is 0 Å². The number of nitrogens with zero attached hydrogens (tertiary/aromatic N) is 2. The van der Waals surface area contributed by atoms with Crippen LogP contribution in [0, 0.1) is 5.82 Å². The fourth-order valence-electron chi connectivity index (χ4n) is 2.01. The number of aliphatic imine (C=N–C) groups is 1. The van der Waals surface area contributed by atoms with Crippen LogP contribution < -0.4 is 10.6 Å². The Bertz CT molecular complexity index is 442. The molecule has 0 aliphatic rings. The number of guanidine groups is 1. The second kappa shape index (κ2) is 8.62. The molecule has 118 valence electrons. The van der Waals surface area contributed by atoms with Gasteiger partial charge in [0.15, 0.2) is 5.96 Å². The Morgan fingerprint density at radius 3 is 2.38 bits per heavy atom. The van der Waals surface area contributed by atoms with Crippen LogP contribution in [0.15, 0.2) is 29.3 Å². The topological polar surface area (TPSA) is 39.7 Å². The van der Waals surface area contributed by atoms with E-state index in [1.165, 1.54) is 12.1 Å². The standard InChI is InChI=1S/C16H27FN4/c1-6-12(2)20-16(18-3)19-11-15(21(4)5)13-7-9-14(17)10-8-13/h7-10,12,15H,6,11H2,1-5H3,(H2,18,19,20). The summed E-state index contributed by atoms with van der Waals surface area (Å²) in [5, 5.41) is 6.66. The van der Waals surface area contributed by atoms with Crippen LogP contribution in [0.4, 0.5) is 4.39 Å². The lowest BCUT2D eigenvalue weighted by atomic mass is 10.1. The average molecular weight is 294 g/mol. The Morgan fingerprint density at radius 1 is 1.29 bits per heavy atom. The van der Waals surface area contributed by atoms with Crippen molar-refractivity contribution in [2.75, 3.05) is 27.7 Å². The largest absolute Gasteiger partial charge is 0.354 e. The minimum absolute atomic E-state index is 0.154. The van der Waals surface area contributed by atoms with Gasteiger partial charge in [0, 0.05) is 19.6 Å². The molecule has 0 saturated carbocycles. The molecule has 1 rings (SSSR count). The van der Waals surface area contributed by atoms with Gasteiger partial charge in [-0.15, -0.1) is 0 Å². The Hall–Kier alpha value is -1.62. The van der Waals surface area contributed by atoms with Crippen molar-refractivity contribution in [1.29, 1.82) is 0 Å². The third-order valence-electron chi connectivity index (χ3n) is 3.56. The predicted octanol–water partition coefficient (Wildman–Crippen LogP) is 2.39. The maximum atomic E-state index is 13.0. The van der Waals surface area contributed by atoms with Gasteiger partial charge in [-0.1, -0.05) is 19.1 Å². The van der Waals surface area contributed by atoms with Gasteiger partial charge in [0.2, 0.25) is 0 Å². The summed E-state index contributed by atoms with van der Waals surface area (Å²) >= 11 is 0. The normalized spacial score (nSPS) is 14.9. The summed E-state index contributed by atoms with van der Waals surface area (Å²) in [6, 6.07) is 7.18. The van der Waals surface area contributed by atoms with Crippen LogP contribution >= 0.6 is 0 Å².